The topological polar surface area (TPSA) is 167 Å². The van der Waals surface area contributed by atoms with Gasteiger partial charge in [0.1, 0.15) is 22.7 Å². The second-order valence-electron chi connectivity index (χ2n) is 7.88. The lowest BCUT2D eigenvalue weighted by Gasteiger charge is -2.52. The van der Waals surface area contributed by atoms with Gasteiger partial charge >= 0.3 is 11.9 Å². The van der Waals surface area contributed by atoms with Gasteiger partial charge in [0.2, 0.25) is 16.9 Å². The van der Waals surface area contributed by atoms with E-state index in [1.165, 1.54) is 4.90 Å². The van der Waals surface area contributed by atoms with Gasteiger partial charge in [0.15, 0.2) is 0 Å². The predicted molar refractivity (Wildman–Crippen MR) is 123 cm³/mol. The predicted octanol–water partition coefficient (Wildman–Crippen LogP) is 0.612. The minimum absolute atomic E-state index is 0.0192. The highest BCUT2D eigenvalue weighted by atomic mass is 32.2. The molecule has 2 aliphatic rings. The van der Waals surface area contributed by atoms with Crippen LogP contribution in [0, 0.1) is 5.92 Å². The zero-order valence-corrected chi connectivity index (χ0v) is 19.2. The second-order valence-corrected chi connectivity index (χ2v) is 10.1. The van der Waals surface area contributed by atoms with Crippen molar-refractivity contribution >= 4 is 52.4 Å². The van der Waals surface area contributed by atoms with Crippen molar-refractivity contribution < 1.29 is 34.2 Å². The van der Waals surface area contributed by atoms with Crippen molar-refractivity contribution in [1.29, 1.82) is 0 Å². The van der Waals surface area contributed by atoms with Gasteiger partial charge < -0.3 is 26.2 Å². The fourth-order valence-electron chi connectivity index (χ4n) is 3.70. The van der Waals surface area contributed by atoms with Gasteiger partial charge in [0.05, 0.1) is 0 Å². The van der Waals surface area contributed by atoms with Crippen LogP contribution in [0.4, 0.5) is 0 Å². The monoisotopic (exact) mass is 495 g/mol. The number of carboxylic acid groups (broad SMARTS) is 2. The number of carboxylic acids is 2. The second kappa shape index (κ2) is 11.0. The van der Waals surface area contributed by atoms with Crippen molar-refractivity contribution in [2.24, 2.45) is 11.7 Å². The lowest BCUT2D eigenvalue weighted by molar-refractivity contribution is -0.151. The molecule has 0 radical (unpaired) electrons. The highest BCUT2D eigenvalue weighted by molar-refractivity contribution is 8.14. The molecular weight excluding hydrogens is 470 g/mol. The maximum atomic E-state index is 12.6. The van der Waals surface area contributed by atoms with Crippen LogP contribution in [0.5, 0.6) is 0 Å². The van der Waals surface area contributed by atoms with Gasteiger partial charge in [-0.2, -0.15) is 0 Å². The SMILES string of the molecule is NC(CCCC(=O)NC1C(=O)N2CC(CSC(=O)c3ccccc3)C(C(=O)O)S[C@H]12)C(=O)O. The summed E-state index contributed by atoms with van der Waals surface area (Å²) >= 11 is 2.14. The first-order valence-electron chi connectivity index (χ1n) is 10.4. The molecule has 5 atom stereocenters. The molecule has 0 saturated carbocycles. The van der Waals surface area contributed by atoms with Crippen molar-refractivity contribution in [3.05, 3.63) is 35.9 Å². The average molecular weight is 496 g/mol. The van der Waals surface area contributed by atoms with Crippen LogP contribution < -0.4 is 11.1 Å². The van der Waals surface area contributed by atoms with Crippen molar-refractivity contribution in [3.8, 4) is 0 Å². The molecule has 2 saturated heterocycles. The zero-order chi connectivity index (χ0) is 24.1. The summed E-state index contributed by atoms with van der Waals surface area (Å²) < 4.78 is 0. The van der Waals surface area contributed by atoms with Crippen LogP contribution in [0.15, 0.2) is 30.3 Å². The van der Waals surface area contributed by atoms with Crippen LogP contribution in [0.1, 0.15) is 29.6 Å². The van der Waals surface area contributed by atoms with Crippen molar-refractivity contribution in [2.75, 3.05) is 12.3 Å². The van der Waals surface area contributed by atoms with E-state index in [1.807, 2.05) is 0 Å². The number of hydrogen-bond acceptors (Lipinski definition) is 8. The zero-order valence-electron chi connectivity index (χ0n) is 17.6. The highest BCUT2D eigenvalue weighted by Crippen LogP contribution is 2.42. The van der Waals surface area contributed by atoms with Crippen LogP contribution in [0.2, 0.25) is 0 Å². The summed E-state index contributed by atoms with van der Waals surface area (Å²) in [6.45, 7) is 0.197. The molecule has 2 amide bonds. The number of nitrogens with one attached hydrogen (secondary N) is 1. The molecular formula is C21H25N3O7S2. The van der Waals surface area contributed by atoms with E-state index in [0.29, 0.717) is 5.56 Å². The molecule has 0 aromatic heterocycles. The normalized spacial score (nSPS) is 24.9. The lowest BCUT2D eigenvalue weighted by atomic mass is 9.99. The molecule has 0 aliphatic carbocycles. The summed E-state index contributed by atoms with van der Waals surface area (Å²) in [5, 5.41) is 19.6. The number of carbonyl (C=O) groups excluding carboxylic acids is 3. The summed E-state index contributed by atoms with van der Waals surface area (Å²) in [5.41, 5.74) is 5.94. The number of amides is 2. The third-order valence-corrected chi connectivity index (χ3v) is 8.30. The molecule has 12 heteroatoms. The first-order valence-corrected chi connectivity index (χ1v) is 12.3. The van der Waals surface area contributed by atoms with Crippen LogP contribution >= 0.6 is 23.5 Å². The van der Waals surface area contributed by atoms with Gasteiger partial charge in [-0.1, -0.05) is 42.1 Å². The summed E-state index contributed by atoms with van der Waals surface area (Å²) in [4.78, 5) is 61.2. The third-order valence-electron chi connectivity index (χ3n) is 5.52. The highest BCUT2D eigenvalue weighted by Gasteiger charge is 2.55. The Balaban J connectivity index is 1.53. The van der Waals surface area contributed by atoms with Crippen LogP contribution in [0.25, 0.3) is 0 Å². The molecule has 1 aromatic rings. The minimum Gasteiger partial charge on any atom is -0.480 e. The number of thioether (sulfide) groups is 2. The minimum atomic E-state index is -1.14. The Morgan fingerprint density at radius 1 is 1.21 bits per heavy atom. The quantitative estimate of drug-likeness (QED) is 0.338. The molecule has 1 aromatic carbocycles. The molecule has 10 nitrogen and oxygen atoms in total. The molecule has 2 fully saturated rings. The molecule has 4 unspecified atom stereocenters. The number of β-lactam (4-membered cyclic amide) rings is 1. The van der Waals surface area contributed by atoms with E-state index in [2.05, 4.69) is 5.32 Å². The van der Waals surface area contributed by atoms with E-state index in [0.717, 1.165) is 23.5 Å². The number of carbonyl (C=O) groups is 5. The van der Waals surface area contributed by atoms with Crippen molar-refractivity contribution in [3.63, 3.8) is 0 Å². The number of nitrogens with zero attached hydrogens (tertiary/aromatic N) is 1. The van der Waals surface area contributed by atoms with Crippen molar-refractivity contribution in [1.82, 2.24) is 10.2 Å². The van der Waals surface area contributed by atoms with E-state index in [1.54, 1.807) is 30.3 Å². The maximum Gasteiger partial charge on any atom is 0.320 e. The van der Waals surface area contributed by atoms with Crippen molar-refractivity contribution in [2.45, 2.75) is 42.0 Å². The Morgan fingerprint density at radius 2 is 1.91 bits per heavy atom. The van der Waals surface area contributed by atoms with Gasteiger partial charge in [0.25, 0.3) is 0 Å². The fourth-order valence-corrected chi connectivity index (χ4v) is 6.29. The van der Waals surface area contributed by atoms with Gasteiger partial charge in [-0.15, -0.1) is 11.8 Å². The van der Waals surface area contributed by atoms with Gasteiger partial charge in [-0.3, -0.25) is 24.0 Å². The number of fused-ring (bicyclic) bond motifs is 1. The smallest absolute Gasteiger partial charge is 0.320 e. The number of benzene rings is 1. The van der Waals surface area contributed by atoms with Crippen LogP contribution in [-0.2, 0) is 19.2 Å². The molecule has 5 N–H and O–H groups in total. The van der Waals surface area contributed by atoms with E-state index in [9.17, 15) is 29.1 Å². The van der Waals surface area contributed by atoms with Crippen LogP contribution in [-0.4, -0.2) is 79.0 Å². The lowest BCUT2D eigenvalue weighted by Crippen LogP contribution is -2.73. The number of hydrogen-bond donors (Lipinski definition) is 4. The van der Waals surface area contributed by atoms with E-state index in [4.69, 9.17) is 10.8 Å². The number of rotatable bonds is 10. The average Bonchev–Trinajstić information content (AvgIpc) is 2.80. The van der Waals surface area contributed by atoms with Crippen LogP contribution in [0.3, 0.4) is 0 Å². The largest absolute Gasteiger partial charge is 0.480 e. The molecule has 0 spiro atoms. The van der Waals surface area contributed by atoms with E-state index >= 15 is 0 Å². The number of aliphatic carboxylic acids is 2. The molecule has 178 valence electrons. The Labute approximate surface area is 198 Å². The molecule has 0 bridgehead atoms. The molecule has 3 rings (SSSR count). The van der Waals surface area contributed by atoms with Gasteiger partial charge in [-0.25, -0.2) is 0 Å². The van der Waals surface area contributed by atoms with E-state index < -0.39 is 46.5 Å². The molecule has 2 aliphatic heterocycles. The fraction of sp³-hybridized carbons (Fsp3) is 0.476. The number of nitrogens with two attached hydrogens (primary N) is 1. The first kappa shape index (κ1) is 25.1. The summed E-state index contributed by atoms with van der Waals surface area (Å²) in [6, 6.07) is 6.82. The summed E-state index contributed by atoms with van der Waals surface area (Å²) in [7, 11) is 0. The third kappa shape index (κ3) is 6.06. The van der Waals surface area contributed by atoms with Gasteiger partial charge in [0, 0.05) is 30.2 Å². The Hall–Kier alpha value is -2.57. The molecule has 33 heavy (non-hydrogen) atoms. The Bertz CT molecular complexity index is 930. The van der Waals surface area contributed by atoms with Gasteiger partial charge in [-0.05, 0) is 12.8 Å². The summed E-state index contributed by atoms with van der Waals surface area (Å²) in [5.74, 6) is -3.03. The summed E-state index contributed by atoms with van der Waals surface area (Å²) in [6.07, 6.45) is 0.410. The maximum absolute atomic E-state index is 12.6. The van der Waals surface area contributed by atoms with E-state index in [-0.39, 0.29) is 42.6 Å². The Morgan fingerprint density at radius 3 is 2.55 bits per heavy atom. The molecule has 2 heterocycles. The Kier molecular flexibility index (Phi) is 8.38. The first-order chi connectivity index (χ1) is 15.7. The standard InChI is InChI=1S/C21H25N3O7S2/c22-13(19(27)28)7-4-8-14(25)23-15-17(26)24-9-12(16(20(29)30)33-18(15)24)10-32-21(31)11-5-2-1-3-6-11/h1-3,5-6,12-13,15-16,18H,4,7-10,22H2,(H,23,25)(H,27,28)(H,29,30)/t12?,13?,15?,16?,18-/m1/s1.